The van der Waals surface area contributed by atoms with E-state index in [0.29, 0.717) is 6.54 Å². The first-order chi connectivity index (χ1) is 11.1. The topological polar surface area (TPSA) is 57.3 Å². The van der Waals surface area contributed by atoms with E-state index >= 15 is 0 Å². The monoisotopic (exact) mass is 312 g/mol. The van der Waals surface area contributed by atoms with E-state index in [2.05, 4.69) is 32.7 Å². The third-order valence-corrected chi connectivity index (χ3v) is 3.45. The average molecular weight is 312 g/mol. The van der Waals surface area contributed by atoms with Gasteiger partial charge in [-0.15, -0.1) is 0 Å². The molecule has 122 valence electrons. The van der Waals surface area contributed by atoms with Gasteiger partial charge in [0.05, 0.1) is 0 Å². The molecule has 1 aromatic carbocycles. The zero-order chi connectivity index (χ0) is 16.5. The highest BCUT2D eigenvalue weighted by Gasteiger charge is 2.13. The minimum Gasteiger partial charge on any atom is -0.334 e. The van der Waals surface area contributed by atoms with Crippen LogP contribution in [0.5, 0.6) is 0 Å². The van der Waals surface area contributed by atoms with Gasteiger partial charge in [-0.1, -0.05) is 30.3 Å². The molecule has 2 N–H and O–H groups in total. The molecule has 1 aromatic heterocycles. The van der Waals surface area contributed by atoms with Crippen LogP contribution in [0.3, 0.4) is 0 Å². The standard InChI is InChI=1S/C18H24N4O/c1-22(2)14-17(12-15-6-4-3-5-7-15)21-18(23)20-13-16-8-10-19-11-9-16/h3-11,17H,12-14H2,1-2H3,(H2,20,21,23). The van der Waals surface area contributed by atoms with Crippen LogP contribution >= 0.6 is 0 Å². The maximum atomic E-state index is 12.1. The van der Waals surface area contributed by atoms with Gasteiger partial charge >= 0.3 is 6.03 Å². The number of benzene rings is 1. The predicted octanol–water partition coefficient (Wildman–Crippen LogP) is 2.05. The fourth-order valence-electron chi connectivity index (χ4n) is 2.42. The molecule has 23 heavy (non-hydrogen) atoms. The van der Waals surface area contributed by atoms with Gasteiger partial charge in [-0.25, -0.2) is 4.79 Å². The largest absolute Gasteiger partial charge is 0.334 e. The highest BCUT2D eigenvalue weighted by Crippen LogP contribution is 2.04. The van der Waals surface area contributed by atoms with Crippen molar-refractivity contribution in [1.82, 2.24) is 20.5 Å². The van der Waals surface area contributed by atoms with Crippen LogP contribution in [-0.4, -0.2) is 42.6 Å². The minimum atomic E-state index is -0.149. The second-order valence-electron chi connectivity index (χ2n) is 5.83. The molecular weight excluding hydrogens is 288 g/mol. The number of carbonyl (C=O) groups is 1. The fourth-order valence-corrected chi connectivity index (χ4v) is 2.42. The van der Waals surface area contributed by atoms with Crippen molar-refractivity contribution >= 4 is 6.03 Å². The van der Waals surface area contributed by atoms with Crippen molar-refractivity contribution in [2.24, 2.45) is 0 Å². The van der Waals surface area contributed by atoms with Crippen molar-refractivity contribution in [3.8, 4) is 0 Å². The average Bonchev–Trinajstić information content (AvgIpc) is 2.54. The van der Waals surface area contributed by atoms with Crippen LogP contribution in [0.1, 0.15) is 11.1 Å². The highest BCUT2D eigenvalue weighted by molar-refractivity contribution is 5.74. The Hall–Kier alpha value is -2.40. The molecule has 0 bridgehead atoms. The number of rotatable bonds is 7. The number of carbonyl (C=O) groups excluding carboxylic acids is 1. The molecule has 1 atom stereocenters. The van der Waals surface area contributed by atoms with Gasteiger partial charge in [-0.2, -0.15) is 0 Å². The molecule has 0 saturated carbocycles. The van der Waals surface area contributed by atoms with Crippen molar-refractivity contribution < 1.29 is 4.79 Å². The number of urea groups is 1. The van der Waals surface area contributed by atoms with E-state index in [-0.39, 0.29) is 12.1 Å². The molecule has 0 aliphatic carbocycles. The van der Waals surface area contributed by atoms with Gasteiger partial charge in [0.15, 0.2) is 0 Å². The third kappa shape index (κ3) is 6.48. The number of nitrogens with one attached hydrogen (secondary N) is 2. The number of hydrogen-bond acceptors (Lipinski definition) is 3. The van der Waals surface area contributed by atoms with Crippen LogP contribution in [0.15, 0.2) is 54.9 Å². The molecule has 2 rings (SSSR count). The van der Waals surface area contributed by atoms with Gasteiger partial charge in [0, 0.05) is 31.5 Å². The molecule has 0 aliphatic heterocycles. The second kappa shape index (κ2) is 8.90. The van der Waals surface area contributed by atoms with Crippen molar-refractivity contribution in [3.63, 3.8) is 0 Å². The Morgan fingerprint density at radius 3 is 2.43 bits per heavy atom. The maximum absolute atomic E-state index is 12.1. The number of nitrogens with zero attached hydrogens (tertiary/aromatic N) is 2. The lowest BCUT2D eigenvalue weighted by Gasteiger charge is -2.22. The molecule has 0 spiro atoms. The molecule has 1 heterocycles. The van der Waals surface area contributed by atoms with Gasteiger partial charge in [0.25, 0.3) is 0 Å². The Balaban J connectivity index is 1.87. The zero-order valence-electron chi connectivity index (χ0n) is 13.7. The first-order valence-corrected chi connectivity index (χ1v) is 7.75. The lowest BCUT2D eigenvalue weighted by atomic mass is 10.1. The minimum absolute atomic E-state index is 0.0600. The number of pyridine rings is 1. The Bertz CT molecular complexity index is 586. The van der Waals surface area contributed by atoms with Crippen LogP contribution in [0.25, 0.3) is 0 Å². The second-order valence-corrected chi connectivity index (χ2v) is 5.83. The quantitative estimate of drug-likeness (QED) is 0.823. The summed E-state index contributed by atoms with van der Waals surface area (Å²) < 4.78 is 0. The summed E-state index contributed by atoms with van der Waals surface area (Å²) in [7, 11) is 4.02. The van der Waals surface area contributed by atoms with E-state index in [1.54, 1.807) is 12.4 Å². The number of likely N-dealkylation sites (N-methyl/N-ethyl adjacent to an activating group) is 1. The molecule has 5 nitrogen and oxygen atoms in total. The van der Waals surface area contributed by atoms with Crippen molar-refractivity contribution in [1.29, 1.82) is 0 Å². The molecular formula is C18H24N4O. The summed E-state index contributed by atoms with van der Waals surface area (Å²) in [4.78, 5) is 18.2. The van der Waals surface area contributed by atoms with E-state index in [9.17, 15) is 4.79 Å². The van der Waals surface area contributed by atoms with Gasteiger partial charge in [0.1, 0.15) is 0 Å². The third-order valence-electron chi connectivity index (χ3n) is 3.45. The summed E-state index contributed by atoms with van der Waals surface area (Å²) >= 11 is 0. The summed E-state index contributed by atoms with van der Waals surface area (Å²) in [5.74, 6) is 0. The summed E-state index contributed by atoms with van der Waals surface area (Å²) in [6, 6.07) is 13.9. The lowest BCUT2D eigenvalue weighted by Crippen LogP contribution is -2.47. The van der Waals surface area contributed by atoms with Crippen molar-refractivity contribution in [2.75, 3.05) is 20.6 Å². The highest BCUT2D eigenvalue weighted by atomic mass is 16.2. The van der Waals surface area contributed by atoms with E-state index in [4.69, 9.17) is 0 Å². The molecule has 0 aliphatic rings. The van der Waals surface area contributed by atoms with Crippen molar-refractivity contribution in [3.05, 3.63) is 66.0 Å². The Labute approximate surface area is 137 Å². The SMILES string of the molecule is CN(C)CC(Cc1ccccc1)NC(=O)NCc1ccncc1. The number of amides is 2. The van der Waals surface area contributed by atoms with Crippen LogP contribution < -0.4 is 10.6 Å². The lowest BCUT2D eigenvalue weighted by molar-refractivity contribution is 0.232. The zero-order valence-corrected chi connectivity index (χ0v) is 13.7. The molecule has 0 fully saturated rings. The smallest absolute Gasteiger partial charge is 0.315 e. The van der Waals surface area contributed by atoms with Crippen LogP contribution in [0.4, 0.5) is 4.79 Å². The number of aromatic nitrogens is 1. The first-order valence-electron chi connectivity index (χ1n) is 7.75. The predicted molar refractivity (Wildman–Crippen MR) is 92.1 cm³/mol. The number of hydrogen-bond donors (Lipinski definition) is 2. The maximum Gasteiger partial charge on any atom is 0.315 e. The summed E-state index contributed by atoms with van der Waals surface area (Å²) in [5.41, 5.74) is 2.25. The molecule has 2 aromatic rings. The summed E-state index contributed by atoms with van der Waals surface area (Å²) in [6.07, 6.45) is 4.25. The summed E-state index contributed by atoms with van der Waals surface area (Å²) in [6.45, 7) is 1.28. The van der Waals surface area contributed by atoms with E-state index in [1.165, 1.54) is 5.56 Å². The molecule has 2 amide bonds. The summed E-state index contributed by atoms with van der Waals surface area (Å²) in [5, 5.41) is 5.95. The Kier molecular flexibility index (Phi) is 6.56. The van der Waals surface area contributed by atoms with E-state index in [1.807, 2.05) is 44.4 Å². The van der Waals surface area contributed by atoms with E-state index in [0.717, 1.165) is 18.5 Å². The van der Waals surface area contributed by atoms with Gasteiger partial charge in [-0.05, 0) is 43.8 Å². The normalized spacial score (nSPS) is 12.0. The van der Waals surface area contributed by atoms with Gasteiger partial charge < -0.3 is 15.5 Å². The molecule has 0 radical (unpaired) electrons. The van der Waals surface area contributed by atoms with Crippen LogP contribution in [-0.2, 0) is 13.0 Å². The van der Waals surface area contributed by atoms with Crippen LogP contribution in [0, 0.1) is 0 Å². The first kappa shape index (κ1) is 17.0. The molecule has 5 heteroatoms. The van der Waals surface area contributed by atoms with E-state index < -0.39 is 0 Å². The fraction of sp³-hybridized carbons (Fsp3) is 0.333. The van der Waals surface area contributed by atoms with Gasteiger partial charge in [0.2, 0.25) is 0 Å². The van der Waals surface area contributed by atoms with Crippen molar-refractivity contribution in [2.45, 2.75) is 19.0 Å². The molecule has 1 unspecified atom stereocenters. The Morgan fingerprint density at radius 1 is 1.09 bits per heavy atom. The Morgan fingerprint density at radius 2 is 1.78 bits per heavy atom. The van der Waals surface area contributed by atoms with Crippen LogP contribution in [0.2, 0.25) is 0 Å². The van der Waals surface area contributed by atoms with Gasteiger partial charge in [-0.3, -0.25) is 4.98 Å². The molecule has 0 saturated heterocycles.